The van der Waals surface area contributed by atoms with Crippen LogP contribution in [0.15, 0.2) is 18.3 Å². The Labute approximate surface area is 94.2 Å². The zero-order chi connectivity index (χ0) is 10.6. The highest BCUT2D eigenvalue weighted by molar-refractivity contribution is 6.29. The number of nitrogens with zero attached hydrogens (tertiary/aromatic N) is 2. The van der Waals surface area contributed by atoms with Gasteiger partial charge in [-0.25, -0.2) is 4.98 Å². The van der Waals surface area contributed by atoms with Crippen molar-refractivity contribution in [2.75, 3.05) is 11.4 Å². The molecule has 3 aliphatic rings. The summed E-state index contributed by atoms with van der Waals surface area (Å²) in [7, 11) is 0. The fourth-order valence-corrected chi connectivity index (χ4v) is 3.21. The van der Waals surface area contributed by atoms with Gasteiger partial charge in [0.1, 0.15) is 5.15 Å². The third-order valence-corrected chi connectivity index (χ3v) is 4.12. The summed E-state index contributed by atoms with van der Waals surface area (Å²) in [4.78, 5) is 6.36. The Kier molecular flexibility index (Phi) is 1.94. The van der Waals surface area contributed by atoms with Gasteiger partial charge in [0.15, 0.2) is 0 Å². The van der Waals surface area contributed by atoms with Crippen LogP contribution in [0.4, 0.5) is 5.69 Å². The van der Waals surface area contributed by atoms with Gasteiger partial charge >= 0.3 is 0 Å². The van der Waals surface area contributed by atoms with Gasteiger partial charge in [0.25, 0.3) is 0 Å². The lowest BCUT2D eigenvalue weighted by Crippen LogP contribution is -2.56. The van der Waals surface area contributed by atoms with E-state index in [2.05, 4.69) is 16.8 Å². The van der Waals surface area contributed by atoms with Crippen LogP contribution in [0, 0.1) is 11.8 Å². The van der Waals surface area contributed by atoms with Crippen molar-refractivity contribution in [1.82, 2.24) is 4.98 Å². The van der Waals surface area contributed by atoms with Gasteiger partial charge < -0.3 is 10.6 Å². The smallest absolute Gasteiger partial charge is 0.131 e. The summed E-state index contributed by atoms with van der Waals surface area (Å²) in [6, 6.07) is 4.76. The van der Waals surface area contributed by atoms with Crippen LogP contribution in [0.3, 0.4) is 0 Å². The van der Waals surface area contributed by atoms with Gasteiger partial charge in [-0.05, 0) is 24.0 Å². The lowest BCUT2D eigenvalue weighted by Gasteiger charge is -2.40. The highest BCUT2D eigenvalue weighted by Crippen LogP contribution is 2.47. The molecule has 1 aliphatic carbocycles. The molecule has 3 unspecified atom stereocenters. The standard InChI is InChI=1S/C11H14ClN3/c1-6-8-5-15(11(6)10(8)13)7-2-3-14-9(12)4-7/h2-4,6,8,10-11H,5,13H2,1H3/t6-,8?,10?,11?/m1/s1. The molecule has 1 saturated carbocycles. The van der Waals surface area contributed by atoms with Crippen molar-refractivity contribution in [3.8, 4) is 0 Å². The Balaban J connectivity index is 1.91. The highest BCUT2D eigenvalue weighted by atomic mass is 35.5. The Morgan fingerprint density at radius 2 is 2.40 bits per heavy atom. The quantitative estimate of drug-likeness (QED) is 0.734. The van der Waals surface area contributed by atoms with Gasteiger partial charge in [-0.3, -0.25) is 0 Å². The van der Waals surface area contributed by atoms with Crippen LogP contribution in [0.5, 0.6) is 0 Å². The number of pyridine rings is 1. The van der Waals surface area contributed by atoms with Crippen molar-refractivity contribution in [2.45, 2.75) is 19.0 Å². The molecule has 1 aromatic heterocycles. The molecule has 2 saturated heterocycles. The molecule has 2 bridgehead atoms. The number of rotatable bonds is 1. The van der Waals surface area contributed by atoms with Crippen molar-refractivity contribution in [3.63, 3.8) is 0 Å². The minimum absolute atomic E-state index is 0.340. The largest absolute Gasteiger partial charge is 0.366 e. The molecule has 0 aromatic carbocycles. The van der Waals surface area contributed by atoms with Gasteiger partial charge in [-0.15, -0.1) is 0 Å². The van der Waals surface area contributed by atoms with Crippen LogP contribution >= 0.6 is 11.6 Å². The minimum Gasteiger partial charge on any atom is -0.366 e. The lowest BCUT2D eigenvalue weighted by atomic mass is 9.71. The molecule has 4 heteroatoms. The zero-order valence-electron chi connectivity index (χ0n) is 8.60. The third-order valence-electron chi connectivity index (χ3n) is 3.91. The van der Waals surface area contributed by atoms with E-state index in [1.54, 1.807) is 6.20 Å². The zero-order valence-corrected chi connectivity index (χ0v) is 9.35. The number of hydrogen-bond acceptors (Lipinski definition) is 3. The second kappa shape index (κ2) is 3.09. The summed E-state index contributed by atoms with van der Waals surface area (Å²) in [6.45, 7) is 3.34. The molecule has 0 radical (unpaired) electrons. The van der Waals surface area contributed by atoms with E-state index in [0.29, 0.717) is 29.1 Å². The predicted molar refractivity (Wildman–Crippen MR) is 61.0 cm³/mol. The van der Waals surface area contributed by atoms with Gasteiger partial charge in [0.2, 0.25) is 0 Å². The molecule has 3 nitrogen and oxygen atoms in total. The Morgan fingerprint density at radius 3 is 2.93 bits per heavy atom. The molecule has 1 aromatic rings. The summed E-state index contributed by atoms with van der Waals surface area (Å²) >= 11 is 5.89. The number of halogens is 1. The number of aromatic nitrogens is 1. The molecule has 4 atom stereocenters. The molecular formula is C11H14ClN3. The molecule has 0 amide bonds. The van der Waals surface area contributed by atoms with Crippen molar-refractivity contribution < 1.29 is 0 Å². The number of nitrogens with two attached hydrogens (primary N) is 1. The van der Waals surface area contributed by atoms with Crippen LogP contribution in [-0.2, 0) is 0 Å². The first kappa shape index (κ1) is 9.43. The molecule has 2 N–H and O–H groups in total. The van der Waals surface area contributed by atoms with Crippen molar-refractivity contribution in [2.24, 2.45) is 17.6 Å². The van der Waals surface area contributed by atoms with Crippen LogP contribution in [-0.4, -0.2) is 23.6 Å². The molecule has 3 heterocycles. The fourth-order valence-electron chi connectivity index (χ4n) is 3.04. The molecule has 3 fully saturated rings. The lowest BCUT2D eigenvalue weighted by molar-refractivity contribution is 0.198. The van der Waals surface area contributed by atoms with E-state index in [1.807, 2.05) is 12.1 Å². The van der Waals surface area contributed by atoms with E-state index < -0.39 is 0 Å². The average molecular weight is 224 g/mol. The second-order valence-electron chi connectivity index (χ2n) is 4.58. The maximum absolute atomic E-state index is 6.09. The van der Waals surface area contributed by atoms with E-state index in [4.69, 9.17) is 17.3 Å². The first-order chi connectivity index (χ1) is 7.18. The molecule has 0 spiro atoms. The first-order valence-corrected chi connectivity index (χ1v) is 5.70. The van der Waals surface area contributed by atoms with E-state index in [1.165, 1.54) is 0 Å². The van der Waals surface area contributed by atoms with E-state index in [-0.39, 0.29) is 0 Å². The SMILES string of the molecule is C[C@@H]1C2CN(c3ccnc(Cl)c3)C1C2N. The van der Waals surface area contributed by atoms with E-state index in [0.717, 1.165) is 12.2 Å². The van der Waals surface area contributed by atoms with Gasteiger partial charge in [-0.2, -0.15) is 0 Å². The normalized spacial score (nSPS) is 37.9. The number of hydrogen-bond donors (Lipinski definition) is 1. The van der Waals surface area contributed by atoms with Crippen LogP contribution < -0.4 is 10.6 Å². The summed E-state index contributed by atoms with van der Waals surface area (Å²) in [6.07, 6.45) is 1.75. The molecule has 15 heavy (non-hydrogen) atoms. The topological polar surface area (TPSA) is 42.2 Å². The predicted octanol–water partition coefficient (Wildman–Crippen LogP) is 1.52. The van der Waals surface area contributed by atoms with Crippen LogP contribution in [0.25, 0.3) is 0 Å². The van der Waals surface area contributed by atoms with Gasteiger partial charge in [-0.1, -0.05) is 18.5 Å². The molecule has 2 aliphatic heterocycles. The van der Waals surface area contributed by atoms with Crippen molar-refractivity contribution in [1.29, 1.82) is 0 Å². The van der Waals surface area contributed by atoms with Crippen molar-refractivity contribution >= 4 is 17.3 Å². The van der Waals surface area contributed by atoms with Crippen molar-refractivity contribution in [3.05, 3.63) is 23.5 Å². The van der Waals surface area contributed by atoms with Crippen LogP contribution in [0.1, 0.15) is 6.92 Å². The number of anilines is 1. The van der Waals surface area contributed by atoms with E-state index >= 15 is 0 Å². The second-order valence-corrected chi connectivity index (χ2v) is 4.97. The Hall–Kier alpha value is -0.800. The first-order valence-electron chi connectivity index (χ1n) is 5.32. The number of fused-ring (bicyclic) bond motifs is 1. The monoisotopic (exact) mass is 223 g/mol. The minimum atomic E-state index is 0.340. The maximum atomic E-state index is 6.09. The van der Waals surface area contributed by atoms with Crippen LogP contribution in [0.2, 0.25) is 5.15 Å². The fraction of sp³-hybridized carbons (Fsp3) is 0.545. The Bertz CT molecular complexity index is 385. The average Bonchev–Trinajstić information content (AvgIpc) is 2.74. The summed E-state index contributed by atoms with van der Waals surface area (Å²) in [5.41, 5.74) is 7.25. The third kappa shape index (κ3) is 1.20. The maximum Gasteiger partial charge on any atom is 0.131 e. The summed E-state index contributed by atoms with van der Waals surface area (Å²) < 4.78 is 0. The molecule has 4 rings (SSSR count). The van der Waals surface area contributed by atoms with Gasteiger partial charge in [0.05, 0.1) is 0 Å². The highest BCUT2D eigenvalue weighted by Gasteiger charge is 2.55. The summed E-state index contributed by atoms with van der Waals surface area (Å²) in [5.74, 6) is 1.37. The molecular weight excluding hydrogens is 210 g/mol. The Morgan fingerprint density at radius 1 is 1.60 bits per heavy atom. The van der Waals surface area contributed by atoms with Gasteiger partial charge in [0, 0.05) is 30.5 Å². The molecule has 80 valence electrons. The summed E-state index contributed by atoms with van der Waals surface area (Å²) in [5, 5.41) is 0.554. The van der Waals surface area contributed by atoms with E-state index in [9.17, 15) is 0 Å².